The lowest BCUT2D eigenvalue weighted by Gasteiger charge is -2.58. The third kappa shape index (κ3) is 3.29. The molecular weight excluding hydrogens is 411 g/mol. The Morgan fingerprint density at radius 1 is 1.12 bits per heavy atom. The number of aliphatic hydroxyl groups is 1. The Hall–Kier alpha value is -3.78. The number of carbonyl (C=O) groups is 2. The van der Waals surface area contributed by atoms with Gasteiger partial charge in [0.05, 0.1) is 24.3 Å². The van der Waals surface area contributed by atoms with Crippen LogP contribution in [0.4, 0.5) is 20.6 Å². The number of aliphatic hydroxyl groups excluding tert-OH is 1. The van der Waals surface area contributed by atoms with Crippen LogP contribution in [0.25, 0.3) is 0 Å². The zero-order valence-electron chi connectivity index (χ0n) is 17.1. The normalized spacial score (nSPS) is 21.2. The van der Waals surface area contributed by atoms with Crippen LogP contribution in [0.15, 0.2) is 73.1 Å². The first kappa shape index (κ1) is 20.1. The summed E-state index contributed by atoms with van der Waals surface area (Å²) in [6.07, 6.45) is 3.12. The van der Waals surface area contributed by atoms with Crippen molar-refractivity contribution in [2.75, 3.05) is 23.4 Å². The summed E-state index contributed by atoms with van der Waals surface area (Å²) in [6, 6.07) is 15.4. The maximum Gasteiger partial charge on any atom is 0.322 e. The van der Waals surface area contributed by atoms with E-state index in [0.717, 1.165) is 11.3 Å². The standard InChI is InChI=1S/C24H21FN4O3/c25-16-6-3-7-17(11-16)27-24(32)29-20-13-28(23(31)15-5-4-10-26-12-15)19-9-2-1-8-18(19)22(20)21(29)14-30/h1-12,20-22,30H,13-14H2,(H,27,32)/t20-,21-,22+/m0/s1. The van der Waals surface area contributed by atoms with Crippen molar-refractivity contribution >= 4 is 23.3 Å². The topological polar surface area (TPSA) is 85.8 Å². The van der Waals surface area contributed by atoms with Gasteiger partial charge in [0, 0.05) is 36.2 Å². The molecular formula is C24H21FN4O3. The first-order valence-electron chi connectivity index (χ1n) is 10.3. The molecule has 2 aliphatic heterocycles. The number of para-hydroxylation sites is 1. The molecule has 0 spiro atoms. The van der Waals surface area contributed by atoms with Gasteiger partial charge in [0.25, 0.3) is 5.91 Å². The smallest absolute Gasteiger partial charge is 0.322 e. The minimum atomic E-state index is -0.456. The summed E-state index contributed by atoms with van der Waals surface area (Å²) in [5, 5.41) is 12.8. The number of pyridine rings is 1. The third-order valence-corrected chi connectivity index (χ3v) is 6.15. The Kier molecular flexibility index (Phi) is 5.07. The van der Waals surface area contributed by atoms with Gasteiger partial charge in [-0.25, -0.2) is 9.18 Å². The second kappa shape index (κ2) is 8.05. The molecule has 1 fully saturated rings. The third-order valence-electron chi connectivity index (χ3n) is 6.15. The zero-order valence-corrected chi connectivity index (χ0v) is 17.1. The van der Waals surface area contributed by atoms with Crippen molar-refractivity contribution in [2.45, 2.75) is 18.0 Å². The summed E-state index contributed by atoms with van der Waals surface area (Å²) in [5.41, 5.74) is 2.46. The molecule has 3 amide bonds. The van der Waals surface area contributed by atoms with Crippen LogP contribution in [-0.2, 0) is 0 Å². The number of carbonyl (C=O) groups excluding carboxylic acids is 2. The summed E-state index contributed by atoms with van der Waals surface area (Å²) in [6.45, 7) is 0.0606. The van der Waals surface area contributed by atoms with E-state index in [1.54, 1.807) is 34.2 Å². The quantitative estimate of drug-likeness (QED) is 0.665. The Labute approximate surface area is 184 Å². The van der Waals surface area contributed by atoms with E-state index in [1.807, 2.05) is 24.3 Å². The number of aromatic nitrogens is 1. The van der Waals surface area contributed by atoms with Crippen LogP contribution >= 0.6 is 0 Å². The van der Waals surface area contributed by atoms with Crippen LogP contribution in [0.2, 0.25) is 0 Å². The average molecular weight is 432 g/mol. The van der Waals surface area contributed by atoms with Crippen LogP contribution in [0.3, 0.4) is 0 Å². The Bertz CT molecular complexity index is 1170. The second-order valence-electron chi connectivity index (χ2n) is 7.91. The largest absolute Gasteiger partial charge is 0.394 e. The van der Waals surface area contributed by atoms with Crippen LogP contribution in [0, 0.1) is 5.82 Å². The van der Waals surface area contributed by atoms with Crippen molar-refractivity contribution in [1.82, 2.24) is 9.88 Å². The summed E-state index contributed by atoms with van der Waals surface area (Å²) in [5.74, 6) is -0.767. The number of likely N-dealkylation sites (tertiary alicyclic amines) is 1. The number of amides is 3. The Morgan fingerprint density at radius 3 is 2.72 bits per heavy atom. The fourth-order valence-electron chi connectivity index (χ4n) is 4.76. The van der Waals surface area contributed by atoms with E-state index in [4.69, 9.17) is 0 Å². The molecule has 5 rings (SSSR count). The molecule has 0 saturated carbocycles. The molecule has 0 radical (unpaired) electrons. The second-order valence-corrected chi connectivity index (χ2v) is 7.91. The highest BCUT2D eigenvalue weighted by Crippen LogP contribution is 2.48. The minimum Gasteiger partial charge on any atom is -0.394 e. The van der Waals surface area contributed by atoms with Crippen molar-refractivity contribution in [3.63, 3.8) is 0 Å². The molecule has 0 unspecified atom stereocenters. The average Bonchev–Trinajstić information content (AvgIpc) is 2.79. The number of benzene rings is 2. The number of halogens is 1. The zero-order chi connectivity index (χ0) is 22.2. The maximum atomic E-state index is 13.5. The highest BCUT2D eigenvalue weighted by molar-refractivity contribution is 6.07. The van der Waals surface area contributed by atoms with E-state index in [-0.39, 0.29) is 31.0 Å². The predicted octanol–water partition coefficient (Wildman–Crippen LogP) is 3.24. The van der Waals surface area contributed by atoms with Gasteiger partial charge in [0.15, 0.2) is 0 Å². The van der Waals surface area contributed by atoms with Crippen molar-refractivity contribution in [3.05, 3.63) is 90.0 Å². The molecule has 0 aliphatic carbocycles. The number of rotatable bonds is 3. The van der Waals surface area contributed by atoms with Crippen LogP contribution in [0.1, 0.15) is 21.8 Å². The van der Waals surface area contributed by atoms with Gasteiger partial charge < -0.3 is 20.2 Å². The Morgan fingerprint density at radius 2 is 1.97 bits per heavy atom. The van der Waals surface area contributed by atoms with Crippen molar-refractivity contribution < 1.29 is 19.1 Å². The van der Waals surface area contributed by atoms with E-state index in [0.29, 0.717) is 11.3 Å². The number of fused-ring (bicyclic) bond motifs is 3. The molecule has 2 N–H and O–H groups in total. The van der Waals surface area contributed by atoms with Gasteiger partial charge in [0.2, 0.25) is 0 Å². The monoisotopic (exact) mass is 432 g/mol. The molecule has 3 atom stereocenters. The highest BCUT2D eigenvalue weighted by Gasteiger charge is 2.55. The number of hydrogen-bond acceptors (Lipinski definition) is 4. The lowest BCUT2D eigenvalue weighted by Crippen LogP contribution is -2.71. The molecule has 32 heavy (non-hydrogen) atoms. The van der Waals surface area contributed by atoms with Gasteiger partial charge in [0.1, 0.15) is 5.82 Å². The van der Waals surface area contributed by atoms with Crippen LogP contribution in [0.5, 0.6) is 0 Å². The summed E-state index contributed by atoms with van der Waals surface area (Å²) < 4.78 is 13.5. The molecule has 3 heterocycles. The fourth-order valence-corrected chi connectivity index (χ4v) is 4.76. The van der Waals surface area contributed by atoms with E-state index in [1.165, 1.54) is 24.4 Å². The first-order valence-corrected chi connectivity index (χ1v) is 10.3. The SMILES string of the molecule is O=C(c1cccnc1)N1C[C@H]2[C@@H](c3ccccc31)[C@H](CO)N2C(=O)Nc1cccc(F)c1. The van der Waals surface area contributed by atoms with Gasteiger partial charge in [-0.2, -0.15) is 0 Å². The number of hydrogen-bond donors (Lipinski definition) is 2. The van der Waals surface area contributed by atoms with Crippen molar-refractivity contribution in [2.24, 2.45) is 0 Å². The van der Waals surface area contributed by atoms with Crippen LogP contribution < -0.4 is 10.2 Å². The van der Waals surface area contributed by atoms with E-state index < -0.39 is 17.9 Å². The van der Waals surface area contributed by atoms with Gasteiger partial charge in [-0.1, -0.05) is 24.3 Å². The molecule has 1 saturated heterocycles. The maximum absolute atomic E-state index is 13.5. The lowest BCUT2D eigenvalue weighted by molar-refractivity contribution is -0.00266. The van der Waals surface area contributed by atoms with Crippen molar-refractivity contribution in [1.29, 1.82) is 0 Å². The van der Waals surface area contributed by atoms with Crippen LogP contribution in [-0.4, -0.2) is 52.2 Å². The number of anilines is 2. The summed E-state index contributed by atoms with van der Waals surface area (Å²) in [7, 11) is 0. The van der Waals surface area contributed by atoms with Gasteiger partial charge in [-0.05, 0) is 42.0 Å². The van der Waals surface area contributed by atoms with Gasteiger partial charge in [-0.3, -0.25) is 9.78 Å². The number of nitrogens with zero attached hydrogens (tertiary/aromatic N) is 3. The molecule has 162 valence electrons. The predicted molar refractivity (Wildman–Crippen MR) is 117 cm³/mol. The van der Waals surface area contributed by atoms with E-state index in [2.05, 4.69) is 10.3 Å². The highest BCUT2D eigenvalue weighted by atomic mass is 19.1. The van der Waals surface area contributed by atoms with E-state index >= 15 is 0 Å². The minimum absolute atomic E-state index is 0.104. The molecule has 0 bridgehead atoms. The molecule has 3 aromatic rings. The molecule has 8 heteroatoms. The summed E-state index contributed by atoms with van der Waals surface area (Å²) in [4.78, 5) is 33.6. The molecule has 2 aliphatic rings. The molecule has 7 nitrogen and oxygen atoms in total. The molecule has 2 aromatic carbocycles. The van der Waals surface area contributed by atoms with Gasteiger partial charge in [-0.15, -0.1) is 0 Å². The first-order chi connectivity index (χ1) is 15.6. The van der Waals surface area contributed by atoms with Crippen molar-refractivity contribution in [3.8, 4) is 0 Å². The summed E-state index contributed by atoms with van der Waals surface area (Å²) >= 11 is 0. The van der Waals surface area contributed by atoms with Gasteiger partial charge >= 0.3 is 6.03 Å². The Balaban J connectivity index is 1.47. The van der Waals surface area contributed by atoms with E-state index in [9.17, 15) is 19.1 Å². The number of nitrogens with one attached hydrogen (secondary N) is 1. The fraction of sp³-hybridized carbons (Fsp3) is 0.208. The lowest BCUT2D eigenvalue weighted by atomic mass is 9.72. The number of urea groups is 1. The molecule has 1 aromatic heterocycles.